The van der Waals surface area contributed by atoms with Crippen LogP contribution in [0.2, 0.25) is 0 Å². The summed E-state index contributed by atoms with van der Waals surface area (Å²) >= 11 is 1.09. The van der Waals surface area contributed by atoms with Gasteiger partial charge in [-0.1, -0.05) is 29.5 Å². The Morgan fingerprint density at radius 1 is 1.20 bits per heavy atom. The molecule has 2 rings (SSSR count). The van der Waals surface area contributed by atoms with Crippen molar-refractivity contribution in [1.82, 2.24) is 4.98 Å². The summed E-state index contributed by atoms with van der Waals surface area (Å²) in [6.45, 7) is 1.92. The van der Waals surface area contributed by atoms with E-state index in [-0.39, 0.29) is 10.6 Å². The zero-order chi connectivity index (χ0) is 14.8. The Bertz CT molecular complexity index is 658. The number of nitriles is 1. The Hall–Kier alpha value is -2.00. The van der Waals surface area contributed by atoms with Gasteiger partial charge in [0.15, 0.2) is 5.69 Å². The van der Waals surface area contributed by atoms with Crippen molar-refractivity contribution in [1.29, 1.82) is 5.26 Å². The van der Waals surface area contributed by atoms with Gasteiger partial charge in [-0.2, -0.15) is 18.4 Å². The largest absolute Gasteiger partial charge is 0.417 e. The van der Waals surface area contributed by atoms with Crippen LogP contribution in [0, 0.1) is 18.3 Å². The summed E-state index contributed by atoms with van der Waals surface area (Å²) in [5, 5.41) is 8.93. The standard InChI is InChI=1S/C14H9F3N2S/c1-9-2-4-11(5-3-9)20-13-6-10(14(15,16)17)8-19-12(13)7-18/h2-6,8H,1H3. The van der Waals surface area contributed by atoms with Crippen molar-refractivity contribution in [3.63, 3.8) is 0 Å². The number of aryl methyl sites for hydroxylation is 1. The molecule has 0 atom stereocenters. The van der Waals surface area contributed by atoms with Crippen LogP contribution in [0.25, 0.3) is 0 Å². The molecule has 0 bridgehead atoms. The van der Waals surface area contributed by atoms with Crippen molar-refractivity contribution in [2.24, 2.45) is 0 Å². The SMILES string of the molecule is Cc1ccc(Sc2cc(C(F)(F)F)cnc2C#N)cc1. The minimum Gasteiger partial charge on any atom is -0.244 e. The molecule has 2 nitrogen and oxygen atoms in total. The van der Waals surface area contributed by atoms with E-state index in [1.165, 1.54) is 0 Å². The second-order valence-corrected chi connectivity index (χ2v) is 5.21. The van der Waals surface area contributed by atoms with Gasteiger partial charge in [-0.15, -0.1) is 0 Å². The average molecular weight is 294 g/mol. The zero-order valence-electron chi connectivity index (χ0n) is 10.4. The number of halogens is 3. The van der Waals surface area contributed by atoms with Gasteiger partial charge in [-0.05, 0) is 25.1 Å². The first kappa shape index (κ1) is 14.4. The minimum absolute atomic E-state index is 0.0106. The molecule has 0 radical (unpaired) electrons. The molecule has 0 unspecified atom stereocenters. The molecule has 0 N–H and O–H groups in total. The van der Waals surface area contributed by atoms with Gasteiger partial charge in [-0.25, -0.2) is 4.98 Å². The predicted molar refractivity (Wildman–Crippen MR) is 69.3 cm³/mol. The van der Waals surface area contributed by atoms with E-state index in [4.69, 9.17) is 5.26 Å². The van der Waals surface area contributed by atoms with E-state index in [2.05, 4.69) is 4.98 Å². The molecule has 0 saturated carbocycles. The lowest BCUT2D eigenvalue weighted by molar-refractivity contribution is -0.138. The zero-order valence-corrected chi connectivity index (χ0v) is 11.2. The van der Waals surface area contributed by atoms with Crippen LogP contribution in [0.4, 0.5) is 13.2 Å². The van der Waals surface area contributed by atoms with Crippen LogP contribution in [-0.2, 0) is 6.18 Å². The van der Waals surface area contributed by atoms with E-state index in [1.807, 2.05) is 19.1 Å². The summed E-state index contributed by atoms with van der Waals surface area (Å²) in [5.41, 5.74) is 0.187. The number of pyridine rings is 1. The number of hydrogen-bond donors (Lipinski definition) is 0. The molecule has 0 amide bonds. The summed E-state index contributed by atoms with van der Waals surface area (Å²) in [5.74, 6) is 0. The molecular weight excluding hydrogens is 285 g/mol. The highest BCUT2D eigenvalue weighted by Crippen LogP contribution is 2.35. The summed E-state index contributed by atoms with van der Waals surface area (Å²) in [7, 11) is 0. The molecule has 0 fully saturated rings. The van der Waals surface area contributed by atoms with Crippen molar-refractivity contribution in [2.45, 2.75) is 22.9 Å². The van der Waals surface area contributed by atoms with Crippen molar-refractivity contribution in [3.05, 3.63) is 53.3 Å². The first-order valence-corrected chi connectivity index (χ1v) is 6.43. The lowest BCUT2D eigenvalue weighted by Gasteiger charge is -2.09. The quantitative estimate of drug-likeness (QED) is 0.822. The fourth-order valence-corrected chi connectivity index (χ4v) is 2.40. The molecule has 1 heterocycles. The Labute approximate surface area is 118 Å². The number of benzene rings is 1. The molecule has 0 spiro atoms. The highest BCUT2D eigenvalue weighted by molar-refractivity contribution is 7.99. The summed E-state index contributed by atoms with van der Waals surface area (Å²) in [4.78, 5) is 4.53. The highest BCUT2D eigenvalue weighted by Gasteiger charge is 2.31. The first-order valence-electron chi connectivity index (χ1n) is 5.62. The third kappa shape index (κ3) is 3.31. The van der Waals surface area contributed by atoms with Crippen molar-refractivity contribution in [3.8, 4) is 6.07 Å². The first-order chi connectivity index (χ1) is 9.40. The smallest absolute Gasteiger partial charge is 0.244 e. The molecule has 0 aliphatic rings. The second kappa shape index (κ2) is 5.55. The third-order valence-electron chi connectivity index (χ3n) is 2.53. The maximum absolute atomic E-state index is 12.7. The topological polar surface area (TPSA) is 36.7 Å². The van der Waals surface area contributed by atoms with Crippen molar-refractivity contribution < 1.29 is 13.2 Å². The van der Waals surface area contributed by atoms with Gasteiger partial charge in [-0.3, -0.25) is 0 Å². The van der Waals surface area contributed by atoms with Crippen LogP contribution in [0.3, 0.4) is 0 Å². The van der Waals surface area contributed by atoms with Crippen LogP contribution < -0.4 is 0 Å². The van der Waals surface area contributed by atoms with Crippen LogP contribution in [0.15, 0.2) is 46.3 Å². The molecule has 1 aromatic heterocycles. The molecular formula is C14H9F3N2S. The van der Waals surface area contributed by atoms with Gasteiger partial charge in [0.05, 0.1) is 5.56 Å². The van der Waals surface area contributed by atoms with Crippen LogP contribution in [-0.4, -0.2) is 4.98 Å². The summed E-state index contributed by atoms with van der Waals surface area (Å²) in [6.07, 6.45) is -3.79. The molecule has 20 heavy (non-hydrogen) atoms. The lowest BCUT2D eigenvalue weighted by atomic mass is 10.2. The number of rotatable bonds is 2. The molecule has 6 heteroatoms. The van der Waals surface area contributed by atoms with Gasteiger partial charge in [0, 0.05) is 16.0 Å². The van der Waals surface area contributed by atoms with Crippen molar-refractivity contribution >= 4 is 11.8 Å². The average Bonchev–Trinajstić information content (AvgIpc) is 2.40. The van der Waals surface area contributed by atoms with E-state index < -0.39 is 11.7 Å². The molecule has 2 aromatic rings. The van der Waals surface area contributed by atoms with E-state index in [0.717, 1.165) is 28.3 Å². The predicted octanol–water partition coefficient (Wildman–Crippen LogP) is 4.43. The molecule has 0 aliphatic carbocycles. The van der Waals surface area contributed by atoms with Gasteiger partial charge < -0.3 is 0 Å². The molecule has 0 aliphatic heterocycles. The fourth-order valence-electron chi connectivity index (χ4n) is 1.49. The third-order valence-corrected chi connectivity index (χ3v) is 3.57. The number of alkyl halides is 3. The maximum Gasteiger partial charge on any atom is 0.417 e. The number of nitrogens with zero attached hydrogens (tertiary/aromatic N) is 2. The fraction of sp³-hybridized carbons (Fsp3) is 0.143. The molecule has 0 saturated heterocycles. The monoisotopic (exact) mass is 294 g/mol. The normalized spacial score (nSPS) is 11.2. The number of hydrogen-bond acceptors (Lipinski definition) is 3. The molecule has 1 aromatic carbocycles. The van der Waals surface area contributed by atoms with E-state index in [1.54, 1.807) is 18.2 Å². The summed E-state index contributed by atoms with van der Waals surface area (Å²) in [6, 6.07) is 10.1. The van der Waals surface area contributed by atoms with Crippen LogP contribution >= 0.6 is 11.8 Å². The van der Waals surface area contributed by atoms with Gasteiger partial charge in [0.2, 0.25) is 0 Å². The Balaban J connectivity index is 2.39. The second-order valence-electron chi connectivity index (χ2n) is 4.10. The summed E-state index contributed by atoms with van der Waals surface area (Å²) < 4.78 is 38.0. The lowest BCUT2D eigenvalue weighted by Crippen LogP contribution is -2.06. The van der Waals surface area contributed by atoms with E-state index in [0.29, 0.717) is 6.20 Å². The minimum atomic E-state index is -4.47. The Kier molecular flexibility index (Phi) is 4.00. The maximum atomic E-state index is 12.7. The van der Waals surface area contributed by atoms with E-state index >= 15 is 0 Å². The Morgan fingerprint density at radius 3 is 2.40 bits per heavy atom. The molecule has 102 valence electrons. The van der Waals surface area contributed by atoms with Crippen LogP contribution in [0.1, 0.15) is 16.8 Å². The van der Waals surface area contributed by atoms with E-state index in [9.17, 15) is 13.2 Å². The van der Waals surface area contributed by atoms with Crippen LogP contribution in [0.5, 0.6) is 0 Å². The van der Waals surface area contributed by atoms with Crippen molar-refractivity contribution in [2.75, 3.05) is 0 Å². The van der Waals surface area contributed by atoms with Gasteiger partial charge >= 0.3 is 6.18 Å². The van der Waals surface area contributed by atoms with Gasteiger partial charge in [0.25, 0.3) is 0 Å². The number of aromatic nitrogens is 1. The van der Waals surface area contributed by atoms with Gasteiger partial charge in [0.1, 0.15) is 6.07 Å². The Morgan fingerprint density at radius 2 is 1.85 bits per heavy atom. The highest BCUT2D eigenvalue weighted by atomic mass is 32.2.